The summed E-state index contributed by atoms with van der Waals surface area (Å²) in [5.74, 6) is -0.438. The molecule has 2 aromatic rings. The molecule has 6 heteroatoms. The lowest BCUT2D eigenvalue weighted by molar-refractivity contribution is -0.385. The van der Waals surface area contributed by atoms with Gasteiger partial charge in [0.1, 0.15) is 6.10 Å². The predicted octanol–water partition coefficient (Wildman–Crippen LogP) is 4.10. The van der Waals surface area contributed by atoms with E-state index < -0.39 is 17.0 Å². The predicted molar refractivity (Wildman–Crippen MR) is 82.8 cm³/mol. The molecular weight excluding hydrogens is 306 g/mol. The number of non-ortho nitro benzene ring substituents is 1. The Labute approximate surface area is 132 Å². The molecule has 0 heterocycles. The van der Waals surface area contributed by atoms with Gasteiger partial charge in [-0.2, -0.15) is 0 Å². The number of rotatable bonds is 5. The zero-order valence-electron chi connectivity index (χ0n) is 11.9. The van der Waals surface area contributed by atoms with Crippen molar-refractivity contribution in [3.63, 3.8) is 0 Å². The van der Waals surface area contributed by atoms with Gasteiger partial charge < -0.3 is 4.74 Å². The Morgan fingerprint density at radius 3 is 2.68 bits per heavy atom. The third kappa shape index (κ3) is 4.05. The highest BCUT2D eigenvalue weighted by Gasteiger charge is 2.16. The lowest BCUT2D eigenvalue weighted by Crippen LogP contribution is -2.11. The number of carbonyl (C=O) groups excluding carboxylic acids is 1. The van der Waals surface area contributed by atoms with Crippen molar-refractivity contribution in [1.82, 2.24) is 0 Å². The molecule has 0 radical (unpaired) electrons. The molecule has 0 spiro atoms. The Bertz CT molecular complexity index is 702. The number of nitrogens with zero attached hydrogens (tertiary/aromatic N) is 1. The van der Waals surface area contributed by atoms with Crippen LogP contribution in [0.5, 0.6) is 0 Å². The van der Waals surface area contributed by atoms with E-state index in [1.165, 1.54) is 12.1 Å². The summed E-state index contributed by atoms with van der Waals surface area (Å²) in [6.45, 7) is 1.67. The molecule has 0 aromatic heterocycles. The van der Waals surface area contributed by atoms with E-state index in [4.69, 9.17) is 16.3 Å². The summed E-state index contributed by atoms with van der Waals surface area (Å²) in [5, 5.41) is 11.3. The quantitative estimate of drug-likeness (QED) is 0.472. The van der Waals surface area contributed by atoms with Gasteiger partial charge in [0, 0.05) is 17.2 Å². The molecule has 22 heavy (non-hydrogen) atoms. The van der Waals surface area contributed by atoms with Crippen LogP contribution in [-0.2, 0) is 16.0 Å². The van der Waals surface area contributed by atoms with E-state index in [9.17, 15) is 14.9 Å². The topological polar surface area (TPSA) is 69.4 Å². The first-order valence-electron chi connectivity index (χ1n) is 6.64. The summed E-state index contributed by atoms with van der Waals surface area (Å²) < 4.78 is 5.31. The molecule has 0 N–H and O–H groups in total. The van der Waals surface area contributed by atoms with Gasteiger partial charge in [0.15, 0.2) is 0 Å². The van der Waals surface area contributed by atoms with Crippen LogP contribution in [0.3, 0.4) is 0 Å². The number of hydrogen-bond donors (Lipinski definition) is 0. The fourth-order valence-electron chi connectivity index (χ4n) is 2.00. The van der Waals surface area contributed by atoms with Crippen molar-refractivity contribution in [1.29, 1.82) is 0 Å². The van der Waals surface area contributed by atoms with Crippen molar-refractivity contribution in [2.45, 2.75) is 19.4 Å². The Morgan fingerprint density at radius 1 is 1.27 bits per heavy atom. The smallest absolute Gasteiger partial charge is 0.310 e. The Kier molecular flexibility index (Phi) is 5.12. The van der Waals surface area contributed by atoms with E-state index in [1.54, 1.807) is 43.3 Å². The van der Waals surface area contributed by atoms with Crippen LogP contribution in [0.4, 0.5) is 5.69 Å². The van der Waals surface area contributed by atoms with Gasteiger partial charge in [0.05, 0.1) is 11.3 Å². The van der Waals surface area contributed by atoms with Crippen molar-refractivity contribution < 1.29 is 14.5 Å². The molecule has 0 bridgehead atoms. The third-order valence-electron chi connectivity index (χ3n) is 3.15. The maximum atomic E-state index is 12.0. The first-order valence-corrected chi connectivity index (χ1v) is 7.02. The number of nitro benzene ring substituents is 1. The van der Waals surface area contributed by atoms with Crippen LogP contribution in [0.15, 0.2) is 48.5 Å². The molecular formula is C16H14ClNO4. The second-order valence-corrected chi connectivity index (χ2v) is 5.16. The minimum absolute atomic E-state index is 0.0356. The van der Waals surface area contributed by atoms with Crippen LogP contribution < -0.4 is 0 Å². The monoisotopic (exact) mass is 319 g/mol. The van der Waals surface area contributed by atoms with E-state index >= 15 is 0 Å². The largest absolute Gasteiger partial charge is 0.458 e. The minimum atomic E-state index is -0.574. The first-order chi connectivity index (χ1) is 10.5. The maximum Gasteiger partial charge on any atom is 0.310 e. The average molecular weight is 320 g/mol. The van der Waals surface area contributed by atoms with Crippen LogP contribution in [0.1, 0.15) is 24.2 Å². The molecule has 2 aromatic carbocycles. The third-order valence-corrected chi connectivity index (χ3v) is 3.52. The Morgan fingerprint density at radius 2 is 2.00 bits per heavy atom. The summed E-state index contributed by atoms with van der Waals surface area (Å²) in [5.41, 5.74) is 1.22. The zero-order chi connectivity index (χ0) is 16.1. The standard InChI is InChI=1S/C16H14ClNO4/c1-11(12-6-4-7-14(9-12)18(20)21)22-16(19)10-13-5-2-3-8-15(13)17/h2-9,11H,10H2,1H3/t11-/m0/s1. The molecule has 5 nitrogen and oxygen atoms in total. The van der Waals surface area contributed by atoms with Crippen LogP contribution in [0, 0.1) is 10.1 Å². The first kappa shape index (κ1) is 16.0. The van der Waals surface area contributed by atoms with Gasteiger partial charge in [0.25, 0.3) is 5.69 Å². The maximum absolute atomic E-state index is 12.0. The normalized spacial score (nSPS) is 11.7. The van der Waals surface area contributed by atoms with Gasteiger partial charge in [-0.15, -0.1) is 0 Å². The summed E-state index contributed by atoms with van der Waals surface area (Å²) in [6.07, 6.45) is -0.520. The number of halogens is 1. The molecule has 0 saturated heterocycles. The minimum Gasteiger partial charge on any atom is -0.458 e. The second kappa shape index (κ2) is 7.04. The number of carbonyl (C=O) groups is 1. The second-order valence-electron chi connectivity index (χ2n) is 4.75. The highest BCUT2D eigenvalue weighted by atomic mass is 35.5. The molecule has 0 aliphatic rings. The van der Waals surface area contributed by atoms with Gasteiger partial charge in [-0.25, -0.2) is 0 Å². The van der Waals surface area contributed by atoms with Gasteiger partial charge in [0.2, 0.25) is 0 Å². The summed E-state index contributed by atoms with van der Waals surface area (Å²) in [4.78, 5) is 22.2. The van der Waals surface area contributed by atoms with E-state index in [0.717, 1.165) is 0 Å². The summed E-state index contributed by atoms with van der Waals surface area (Å²) >= 11 is 5.99. The molecule has 0 aliphatic carbocycles. The lowest BCUT2D eigenvalue weighted by atomic mass is 10.1. The average Bonchev–Trinajstić information content (AvgIpc) is 2.49. The highest BCUT2D eigenvalue weighted by Crippen LogP contribution is 2.23. The Hall–Kier alpha value is -2.40. The molecule has 2 rings (SSSR count). The highest BCUT2D eigenvalue weighted by molar-refractivity contribution is 6.31. The van der Waals surface area contributed by atoms with Crippen LogP contribution in [-0.4, -0.2) is 10.9 Å². The van der Waals surface area contributed by atoms with Crippen molar-refractivity contribution >= 4 is 23.3 Å². The molecule has 114 valence electrons. The van der Waals surface area contributed by atoms with E-state index in [-0.39, 0.29) is 12.1 Å². The van der Waals surface area contributed by atoms with Gasteiger partial charge >= 0.3 is 5.97 Å². The summed E-state index contributed by atoms with van der Waals surface area (Å²) in [6, 6.07) is 13.1. The number of ether oxygens (including phenoxy) is 1. The SMILES string of the molecule is C[C@H](OC(=O)Cc1ccccc1Cl)c1cccc([N+](=O)[O-])c1. The van der Waals surface area contributed by atoms with Gasteiger partial charge in [-0.05, 0) is 24.1 Å². The molecule has 0 unspecified atom stereocenters. The Balaban J connectivity index is 2.04. The van der Waals surface area contributed by atoms with E-state index in [0.29, 0.717) is 16.1 Å². The summed E-state index contributed by atoms with van der Waals surface area (Å²) in [7, 11) is 0. The van der Waals surface area contributed by atoms with Crippen LogP contribution >= 0.6 is 11.6 Å². The molecule has 0 fully saturated rings. The van der Waals surface area contributed by atoms with Crippen LogP contribution in [0.25, 0.3) is 0 Å². The molecule has 0 saturated carbocycles. The fraction of sp³-hybridized carbons (Fsp3) is 0.188. The number of benzene rings is 2. The van der Waals surface area contributed by atoms with Crippen molar-refractivity contribution in [2.24, 2.45) is 0 Å². The van der Waals surface area contributed by atoms with Crippen molar-refractivity contribution in [2.75, 3.05) is 0 Å². The zero-order valence-corrected chi connectivity index (χ0v) is 12.6. The molecule has 0 amide bonds. The van der Waals surface area contributed by atoms with Gasteiger partial charge in [-0.1, -0.05) is 41.9 Å². The number of hydrogen-bond acceptors (Lipinski definition) is 4. The number of nitro groups is 1. The molecule has 1 atom stereocenters. The van der Waals surface area contributed by atoms with Gasteiger partial charge in [-0.3, -0.25) is 14.9 Å². The number of esters is 1. The van der Waals surface area contributed by atoms with Crippen LogP contribution in [0.2, 0.25) is 5.02 Å². The lowest BCUT2D eigenvalue weighted by Gasteiger charge is -2.14. The fourth-order valence-corrected chi connectivity index (χ4v) is 2.20. The molecule has 0 aliphatic heterocycles. The van der Waals surface area contributed by atoms with E-state index in [1.807, 2.05) is 0 Å². The van der Waals surface area contributed by atoms with Crippen molar-refractivity contribution in [3.05, 3.63) is 74.8 Å². The van der Waals surface area contributed by atoms with E-state index in [2.05, 4.69) is 0 Å². The van der Waals surface area contributed by atoms with Crippen molar-refractivity contribution in [3.8, 4) is 0 Å².